The number of hydrogen-bond donors (Lipinski definition) is 1. The van der Waals surface area contributed by atoms with E-state index in [2.05, 4.69) is 33.0 Å². The maximum atomic E-state index is 5.81. The first-order valence-corrected chi connectivity index (χ1v) is 7.42. The van der Waals surface area contributed by atoms with Crippen LogP contribution in [0.15, 0.2) is 0 Å². The molecule has 2 atom stereocenters. The predicted octanol–water partition coefficient (Wildman–Crippen LogP) is 3.46. The van der Waals surface area contributed by atoms with Crippen molar-refractivity contribution in [3.63, 3.8) is 0 Å². The van der Waals surface area contributed by atoms with E-state index in [1.807, 2.05) is 0 Å². The molecule has 0 saturated heterocycles. The molecule has 2 unspecified atom stereocenters. The fraction of sp³-hybridized carbons (Fsp3) is 1.00. The van der Waals surface area contributed by atoms with Gasteiger partial charge < -0.3 is 10.1 Å². The van der Waals surface area contributed by atoms with E-state index < -0.39 is 0 Å². The normalized spacial score (nSPS) is 25.8. The Labute approximate surface area is 108 Å². The van der Waals surface area contributed by atoms with Gasteiger partial charge in [0.15, 0.2) is 0 Å². The van der Waals surface area contributed by atoms with Crippen LogP contribution in [0, 0.1) is 17.8 Å². The first-order valence-electron chi connectivity index (χ1n) is 7.42. The zero-order chi connectivity index (χ0) is 12.7. The molecule has 0 amide bonds. The zero-order valence-electron chi connectivity index (χ0n) is 12.2. The van der Waals surface area contributed by atoms with E-state index in [0.29, 0.717) is 6.10 Å². The summed E-state index contributed by atoms with van der Waals surface area (Å²) >= 11 is 0. The van der Waals surface area contributed by atoms with Crippen LogP contribution >= 0.6 is 0 Å². The highest BCUT2D eigenvalue weighted by molar-refractivity contribution is 4.77. The highest BCUT2D eigenvalue weighted by Crippen LogP contribution is 2.30. The summed E-state index contributed by atoms with van der Waals surface area (Å²) in [5.74, 6) is 2.37. The molecular formula is C15H31NO. The molecule has 102 valence electrons. The Morgan fingerprint density at radius 2 is 1.71 bits per heavy atom. The van der Waals surface area contributed by atoms with Crippen molar-refractivity contribution >= 4 is 0 Å². The van der Waals surface area contributed by atoms with Gasteiger partial charge >= 0.3 is 0 Å². The molecule has 0 aromatic heterocycles. The van der Waals surface area contributed by atoms with E-state index in [1.54, 1.807) is 0 Å². The SMILES string of the molecule is CC(C)CNCC1CCCCC1COC(C)C. The minimum Gasteiger partial charge on any atom is -0.378 e. The average molecular weight is 241 g/mol. The van der Waals surface area contributed by atoms with Crippen molar-refractivity contribution in [3.05, 3.63) is 0 Å². The topological polar surface area (TPSA) is 21.3 Å². The third-order valence-corrected chi connectivity index (χ3v) is 3.67. The summed E-state index contributed by atoms with van der Waals surface area (Å²) in [6.45, 7) is 12.1. The van der Waals surface area contributed by atoms with Crippen LogP contribution in [0.1, 0.15) is 53.4 Å². The van der Waals surface area contributed by atoms with Crippen molar-refractivity contribution in [1.29, 1.82) is 0 Å². The molecule has 0 aliphatic heterocycles. The molecule has 0 bridgehead atoms. The van der Waals surface area contributed by atoms with Crippen LogP contribution in [0.25, 0.3) is 0 Å². The first kappa shape index (κ1) is 15.0. The fourth-order valence-corrected chi connectivity index (χ4v) is 2.65. The zero-order valence-corrected chi connectivity index (χ0v) is 12.2. The van der Waals surface area contributed by atoms with E-state index >= 15 is 0 Å². The van der Waals surface area contributed by atoms with Crippen LogP contribution in [-0.2, 0) is 4.74 Å². The Morgan fingerprint density at radius 1 is 1.06 bits per heavy atom. The van der Waals surface area contributed by atoms with Gasteiger partial charge in [0.1, 0.15) is 0 Å². The predicted molar refractivity (Wildman–Crippen MR) is 74.2 cm³/mol. The maximum Gasteiger partial charge on any atom is 0.0519 e. The lowest BCUT2D eigenvalue weighted by Crippen LogP contribution is -2.34. The van der Waals surface area contributed by atoms with Crippen molar-refractivity contribution in [3.8, 4) is 0 Å². The van der Waals surface area contributed by atoms with Crippen molar-refractivity contribution in [2.45, 2.75) is 59.5 Å². The minimum absolute atomic E-state index is 0.376. The summed E-state index contributed by atoms with van der Waals surface area (Å²) in [5, 5.41) is 3.62. The van der Waals surface area contributed by atoms with Gasteiger partial charge in [-0.1, -0.05) is 26.7 Å². The molecule has 1 aliphatic rings. The summed E-state index contributed by atoms with van der Waals surface area (Å²) in [4.78, 5) is 0. The Morgan fingerprint density at radius 3 is 2.29 bits per heavy atom. The van der Waals surface area contributed by atoms with Crippen molar-refractivity contribution in [2.24, 2.45) is 17.8 Å². The summed E-state index contributed by atoms with van der Waals surface area (Å²) in [5.41, 5.74) is 0. The van der Waals surface area contributed by atoms with Crippen molar-refractivity contribution in [2.75, 3.05) is 19.7 Å². The highest BCUT2D eigenvalue weighted by atomic mass is 16.5. The maximum absolute atomic E-state index is 5.81. The third-order valence-electron chi connectivity index (χ3n) is 3.67. The lowest BCUT2D eigenvalue weighted by atomic mass is 9.79. The molecule has 0 heterocycles. The quantitative estimate of drug-likeness (QED) is 0.737. The molecule has 1 saturated carbocycles. The largest absolute Gasteiger partial charge is 0.378 e. The second-order valence-electron chi connectivity index (χ2n) is 6.24. The summed E-state index contributed by atoms with van der Waals surface area (Å²) in [6.07, 6.45) is 5.93. The molecule has 1 aliphatic carbocycles. The van der Waals surface area contributed by atoms with Crippen LogP contribution in [0.4, 0.5) is 0 Å². The first-order chi connectivity index (χ1) is 8.09. The monoisotopic (exact) mass is 241 g/mol. The van der Waals surface area contributed by atoms with Crippen LogP contribution in [-0.4, -0.2) is 25.8 Å². The molecule has 1 rings (SSSR count). The van der Waals surface area contributed by atoms with Gasteiger partial charge in [0.05, 0.1) is 12.7 Å². The lowest BCUT2D eigenvalue weighted by molar-refractivity contribution is 0.0222. The Balaban J connectivity index is 2.26. The van der Waals surface area contributed by atoms with E-state index in [9.17, 15) is 0 Å². The van der Waals surface area contributed by atoms with Crippen LogP contribution in [0.5, 0.6) is 0 Å². The molecule has 0 spiro atoms. The van der Waals surface area contributed by atoms with Gasteiger partial charge in [-0.2, -0.15) is 0 Å². The van der Waals surface area contributed by atoms with E-state index in [4.69, 9.17) is 4.74 Å². The standard InChI is InChI=1S/C15H31NO/c1-12(2)9-16-10-14-7-5-6-8-15(14)11-17-13(3)4/h12-16H,5-11H2,1-4H3. The van der Waals surface area contributed by atoms with Gasteiger partial charge in [-0.25, -0.2) is 0 Å². The van der Waals surface area contributed by atoms with E-state index in [0.717, 1.165) is 30.9 Å². The van der Waals surface area contributed by atoms with Crippen molar-refractivity contribution in [1.82, 2.24) is 5.32 Å². The summed E-state index contributed by atoms with van der Waals surface area (Å²) < 4.78 is 5.81. The number of hydrogen-bond acceptors (Lipinski definition) is 2. The van der Waals surface area contributed by atoms with Crippen LogP contribution in [0.3, 0.4) is 0 Å². The lowest BCUT2D eigenvalue weighted by Gasteiger charge is -2.32. The van der Waals surface area contributed by atoms with Crippen molar-refractivity contribution < 1.29 is 4.74 Å². The van der Waals surface area contributed by atoms with E-state index in [-0.39, 0.29) is 0 Å². The Kier molecular flexibility index (Phi) is 7.14. The number of rotatable bonds is 7. The van der Waals surface area contributed by atoms with Gasteiger partial charge in [0, 0.05) is 0 Å². The Hall–Kier alpha value is -0.0800. The van der Waals surface area contributed by atoms with E-state index in [1.165, 1.54) is 32.2 Å². The fourth-order valence-electron chi connectivity index (χ4n) is 2.65. The molecule has 2 heteroatoms. The number of ether oxygens (including phenoxy) is 1. The average Bonchev–Trinajstić information content (AvgIpc) is 2.27. The van der Waals surface area contributed by atoms with Gasteiger partial charge in [0.25, 0.3) is 0 Å². The van der Waals surface area contributed by atoms with Gasteiger partial charge in [0.2, 0.25) is 0 Å². The summed E-state index contributed by atoms with van der Waals surface area (Å²) in [7, 11) is 0. The molecule has 1 fully saturated rings. The van der Waals surface area contributed by atoms with Gasteiger partial charge in [-0.05, 0) is 57.5 Å². The van der Waals surface area contributed by atoms with Crippen LogP contribution in [0.2, 0.25) is 0 Å². The van der Waals surface area contributed by atoms with Gasteiger partial charge in [-0.3, -0.25) is 0 Å². The molecular weight excluding hydrogens is 210 g/mol. The van der Waals surface area contributed by atoms with Gasteiger partial charge in [-0.15, -0.1) is 0 Å². The highest BCUT2D eigenvalue weighted by Gasteiger charge is 2.25. The molecule has 0 radical (unpaired) electrons. The smallest absolute Gasteiger partial charge is 0.0519 e. The number of nitrogens with one attached hydrogen (secondary N) is 1. The molecule has 1 N–H and O–H groups in total. The summed E-state index contributed by atoms with van der Waals surface area (Å²) in [6, 6.07) is 0. The molecule has 0 aromatic rings. The second kappa shape index (κ2) is 8.10. The van der Waals surface area contributed by atoms with Crippen LogP contribution < -0.4 is 5.32 Å². The second-order valence-corrected chi connectivity index (χ2v) is 6.24. The minimum atomic E-state index is 0.376. The molecule has 17 heavy (non-hydrogen) atoms. The molecule has 2 nitrogen and oxygen atoms in total. The Bertz CT molecular complexity index is 191. The molecule has 0 aromatic carbocycles. The third kappa shape index (κ3) is 6.42.